The van der Waals surface area contributed by atoms with Crippen molar-refractivity contribution in [1.29, 1.82) is 0 Å². The highest BCUT2D eigenvalue weighted by Gasteiger charge is 2.22. The summed E-state index contributed by atoms with van der Waals surface area (Å²) in [4.78, 5) is 16.9. The Morgan fingerprint density at radius 1 is 1.43 bits per heavy atom. The van der Waals surface area contributed by atoms with Crippen LogP contribution in [-0.2, 0) is 7.05 Å². The number of carbonyl (C=O) groups excluding carboxylic acids is 1. The van der Waals surface area contributed by atoms with E-state index in [2.05, 4.69) is 36.6 Å². The molecule has 0 spiro atoms. The van der Waals surface area contributed by atoms with Crippen molar-refractivity contribution in [2.75, 3.05) is 18.4 Å². The van der Waals surface area contributed by atoms with Crippen LogP contribution in [0.3, 0.4) is 0 Å². The molecular weight excluding hydrogens is 382 g/mol. The van der Waals surface area contributed by atoms with Crippen LogP contribution in [0.5, 0.6) is 0 Å². The molecule has 0 aliphatic carbocycles. The standard InChI is InChI=1S/C15H17BrClN5O/c1-22-15(19-13(21-22)9-4-6-18-7-5-9)20-14(23)11-8-10(17)2-3-12(11)16/h2-3,8-9,18H,4-7H2,1H3,(H,19,20,21,23). The molecular formula is C15H17BrClN5O. The Hall–Kier alpha value is -1.44. The number of piperidine rings is 1. The number of anilines is 1. The van der Waals surface area contributed by atoms with Crippen molar-refractivity contribution < 1.29 is 4.79 Å². The first-order valence-corrected chi connectivity index (χ1v) is 8.60. The minimum absolute atomic E-state index is 0.272. The van der Waals surface area contributed by atoms with Crippen LogP contribution in [0, 0.1) is 0 Å². The maximum absolute atomic E-state index is 12.4. The van der Waals surface area contributed by atoms with Gasteiger partial charge in [0.05, 0.1) is 5.56 Å². The van der Waals surface area contributed by atoms with E-state index in [0.29, 0.717) is 26.9 Å². The smallest absolute Gasteiger partial charge is 0.259 e. The van der Waals surface area contributed by atoms with E-state index in [-0.39, 0.29) is 5.91 Å². The molecule has 1 aromatic carbocycles. The summed E-state index contributed by atoms with van der Waals surface area (Å²) in [6.45, 7) is 1.94. The quantitative estimate of drug-likeness (QED) is 0.834. The molecule has 3 rings (SSSR count). The number of nitrogens with one attached hydrogen (secondary N) is 2. The van der Waals surface area contributed by atoms with E-state index < -0.39 is 0 Å². The van der Waals surface area contributed by atoms with Crippen molar-refractivity contribution in [3.8, 4) is 0 Å². The van der Waals surface area contributed by atoms with Crippen molar-refractivity contribution in [1.82, 2.24) is 20.1 Å². The van der Waals surface area contributed by atoms with Gasteiger partial charge in [0, 0.05) is 22.5 Å². The Bertz CT molecular complexity index is 727. The minimum atomic E-state index is -0.272. The molecule has 0 bridgehead atoms. The average Bonchev–Trinajstić information content (AvgIpc) is 2.91. The second kappa shape index (κ2) is 6.98. The molecule has 1 fully saturated rings. The van der Waals surface area contributed by atoms with Gasteiger partial charge in [0.15, 0.2) is 5.82 Å². The molecule has 2 N–H and O–H groups in total. The number of amides is 1. The molecule has 8 heteroatoms. The van der Waals surface area contributed by atoms with Crippen LogP contribution in [0.15, 0.2) is 22.7 Å². The van der Waals surface area contributed by atoms with Crippen LogP contribution >= 0.6 is 27.5 Å². The molecule has 0 atom stereocenters. The predicted molar refractivity (Wildman–Crippen MR) is 93.0 cm³/mol. The summed E-state index contributed by atoms with van der Waals surface area (Å²) in [5, 5.41) is 11.1. The van der Waals surface area contributed by atoms with E-state index in [0.717, 1.165) is 31.8 Å². The average molecular weight is 399 g/mol. The summed E-state index contributed by atoms with van der Waals surface area (Å²) in [5.41, 5.74) is 0.462. The van der Waals surface area contributed by atoms with Gasteiger partial charge in [-0.15, -0.1) is 0 Å². The van der Waals surface area contributed by atoms with Gasteiger partial charge in [-0.25, -0.2) is 4.68 Å². The summed E-state index contributed by atoms with van der Waals surface area (Å²) in [5.74, 6) is 1.29. The van der Waals surface area contributed by atoms with Crippen LogP contribution in [0.4, 0.5) is 5.95 Å². The summed E-state index contributed by atoms with van der Waals surface area (Å²) in [6.07, 6.45) is 2.02. The second-order valence-electron chi connectivity index (χ2n) is 5.52. The Kier molecular flexibility index (Phi) is 4.99. The van der Waals surface area contributed by atoms with Crippen molar-refractivity contribution in [3.05, 3.63) is 39.1 Å². The van der Waals surface area contributed by atoms with Gasteiger partial charge in [0.1, 0.15) is 0 Å². The fourth-order valence-corrected chi connectivity index (χ4v) is 3.21. The highest BCUT2D eigenvalue weighted by molar-refractivity contribution is 9.10. The van der Waals surface area contributed by atoms with Crippen LogP contribution in [0.1, 0.15) is 34.9 Å². The van der Waals surface area contributed by atoms with E-state index in [4.69, 9.17) is 11.6 Å². The summed E-state index contributed by atoms with van der Waals surface area (Å²) in [7, 11) is 1.78. The van der Waals surface area contributed by atoms with Gasteiger partial charge < -0.3 is 5.32 Å². The Labute approximate surface area is 147 Å². The largest absolute Gasteiger partial charge is 0.317 e. The van der Waals surface area contributed by atoms with Gasteiger partial charge in [-0.2, -0.15) is 10.1 Å². The number of benzene rings is 1. The fourth-order valence-electron chi connectivity index (χ4n) is 2.61. The van der Waals surface area contributed by atoms with Crippen LogP contribution in [0.25, 0.3) is 0 Å². The number of nitrogens with zero attached hydrogens (tertiary/aromatic N) is 3. The number of halogens is 2. The topological polar surface area (TPSA) is 71.8 Å². The van der Waals surface area contributed by atoms with Gasteiger partial charge in [0.25, 0.3) is 5.91 Å². The summed E-state index contributed by atoms with van der Waals surface area (Å²) >= 11 is 9.32. The highest BCUT2D eigenvalue weighted by Crippen LogP contribution is 2.25. The van der Waals surface area contributed by atoms with E-state index in [1.807, 2.05) is 0 Å². The number of hydrogen-bond acceptors (Lipinski definition) is 4. The molecule has 6 nitrogen and oxygen atoms in total. The number of carbonyl (C=O) groups is 1. The molecule has 1 aliphatic rings. The first kappa shape index (κ1) is 16.4. The molecule has 0 saturated carbocycles. The molecule has 1 aliphatic heterocycles. The molecule has 2 heterocycles. The van der Waals surface area contributed by atoms with Gasteiger partial charge in [-0.1, -0.05) is 11.6 Å². The lowest BCUT2D eigenvalue weighted by Gasteiger charge is -2.19. The summed E-state index contributed by atoms with van der Waals surface area (Å²) in [6, 6.07) is 5.08. The van der Waals surface area contributed by atoms with Gasteiger partial charge in [-0.05, 0) is 60.1 Å². The molecule has 23 heavy (non-hydrogen) atoms. The fraction of sp³-hybridized carbons (Fsp3) is 0.400. The van der Waals surface area contributed by atoms with Crippen molar-refractivity contribution in [3.63, 3.8) is 0 Å². The first-order chi connectivity index (χ1) is 11.0. The zero-order chi connectivity index (χ0) is 16.4. The van der Waals surface area contributed by atoms with Crippen LogP contribution in [0.2, 0.25) is 5.02 Å². The maximum atomic E-state index is 12.4. The molecule has 0 unspecified atom stereocenters. The van der Waals surface area contributed by atoms with E-state index >= 15 is 0 Å². The second-order valence-corrected chi connectivity index (χ2v) is 6.81. The van der Waals surface area contributed by atoms with E-state index in [1.165, 1.54) is 0 Å². The van der Waals surface area contributed by atoms with Crippen molar-refractivity contribution >= 4 is 39.4 Å². The highest BCUT2D eigenvalue weighted by atomic mass is 79.9. The zero-order valence-electron chi connectivity index (χ0n) is 12.6. The number of aromatic nitrogens is 3. The van der Waals surface area contributed by atoms with Crippen LogP contribution < -0.4 is 10.6 Å². The SMILES string of the molecule is Cn1nc(C2CCNCC2)nc1NC(=O)c1cc(Cl)ccc1Br. The number of hydrogen-bond donors (Lipinski definition) is 2. The molecule has 122 valence electrons. The van der Waals surface area contributed by atoms with Gasteiger partial charge in [0.2, 0.25) is 5.95 Å². The van der Waals surface area contributed by atoms with Crippen molar-refractivity contribution in [2.24, 2.45) is 7.05 Å². The van der Waals surface area contributed by atoms with Gasteiger partial charge in [-0.3, -0.25) is 10.1 Å². The zero-order valence-corrected chi connectivity index (χ0v) is 15.0. The summed E-state index contributed by atoms with van der Waals surface area (Å²) < 4.78 is 2.29. The molecule has 1 aromatic heterocycles. The third-order valence-corrected chi connectivity index (χ3v) is 4.81. The van der Waals surface area contributed by atoms with Crippen molar-refractivity contribution in [2.45, 2.75) is 18.8 Å². The lowest BCUT2D eigenvalue weighted by Crippen LogP contribution is -2.27. The third-order valence-electron chi connectivity index (χ3n) is 3.88. The first-order valence-electron chi connectivity index (χ1n) is 7.42. The molecule has 1 amide bonds. The van der Waals surface area contributed by atoms with Gasteiger partial charge >= 0.3 is 0 Å². The van der Waals surface area contributed by atoms with E-state index in [1.54, 1.807) is 29.9 Å². The van der Waals surface area contributed by atoms with Crippen LogP contribution in [-0.4, -0.2) is 33.8 Å². The predicted octanol–water partition coefficient (Wildman–Crippen LogP) is 2.95. The normalized spacial score (nSPS) is 15.6. The van der Waals surface area contributed by atoms with E-state index in [9.17, 15) is 4.79 Å². The lowest BCUT2D eigenvalue weighted by molar-refractivity contribution is 0.102. The Morgan fingerprint density at radius 2 is 2.17 bits per heavy atom. The Morgan fingerprint density at radius 3 is 2.91 bits per heavy atom. The molecule has 0 radical (unpaired) electrons. The Balaban J connectivity index is 1.78. The molecule has 1 saturated heterocycles. The lowest BCUT2D eigenvalue weighted by atomic mass is 9.98. The number of rotatable bonds is 3. The maximum Gasteiger partial charge on any atom is 0.259 e. The third kappa shape index (κ3) is 3.73. The minimum Gasteiger partial charge on any atom is -0.317 e. The number of aryl methyl sites for hydroxylation is 1. The molecule has 2 aromatic rings. The monoisotopic (exact) mass is 397 g/mol.